The van der Waals surface area contributed by atoms with Crippen molar-refractivity contribution in [1.82, 2.24) is 0 Å². The maximum atomic E-state index is 3.50. The molecule has 0 radical (unpaired) electrons. The second kappa shape index (κ2) is 9.51. The van der Waals surface area contributed by atoms with Gasteiger partial charge in [-0.15, -0.1) is 0 Å². The number of nitrogens with one attached hydrogen (secondary N) is 2. The lowest BCUT2D eigenvalue weighted by atomic mass is 10.1. The highest BCUT2D eigenvalue weighted by Gasteiger charge is 1.99. The van der Waals surface area contributed by atoms with E-state index in [1.54, 1.807) is 11.9 Å². The van der Waals surface area contributed by atoms with Crippen molar-refractivity contribution in [3.05, 3.63) is 59.7 Å². The Morgan fingerprint density at radius 1 is 0.957 bits per heavy atom. The third kappa shape index (κ3) is 6.57. The van der Waals surface area contributed by atoms with E-state index < -0.39 is 0 Å². The monoisotopic (exact) mass is 328 g/mol. The van der Waals surface area contributed by atoms with Crippen molar-refractivity contribution in [3.8, 4) is 0 Å². The summed E-state index contributed by atoms with van der Waals surface area (Å²) >= 11 is 1.75. The maximum absolute atomic E-state index is 3.50. The first-order valence-corrected chi connectivity index (χ1v) is 9.38. The zero-order valence-electron chi connectivity index (χ0n) is 14.4. The lowest BCUT2D eigenvalue weighted by Crippen LogP contribution is -2.01. The van der Waals surface area contributed by atoms with E-state index >= 15 is 0 Å². The largest absolute Gasteiger partial charge is 0.381 e. The number of benzene rings is 2. The fourth-order valence-electron chi connectivity index (χ4n) is 2.30. The van der Waals surface area contributed by atoms with Gasteiger partial charge in [-0.2, -0.15) is 0 Å². The number of hydrogen-bond donors (Lipinski definition) is 2. The van der Waals surface area contributed by atoms with Crippen LogP contribution < -0.4 is 10.0 Å². The van der Waals surface area contributed by atoms with Gasteiger partial charge in [-0.1, -0.05) is 51.5 Å². The molecule has 0 aromatic heterocycles. The molecule has 0 atom stereocenters. The molecule has 0 saturated carbocycles. The molecular weight excluding hydrogens is 300 g/mol. The van der Waals surface area contributed by atoms with Crippen LogP contribution >= 0.6 is 11.9 Å². The van der Waals surface area contributed by atoms with E-state index in [9.17, 15) is 0 Å². The predicted octanol–water partition coefficient (Wildman–Crippen LogP) is 6.11. The molecule has 0 amide bonds. The van der Waals surface area contributed by atoms with Gasteiger partial charge < -0.3 is 10.0 Å². The predicted molar refractivity (Wildman–Crippen MR) is 105 cm³/mol. The zero-order valence-corrected chi connectivity index (χ0v) is 15.2. The van der Waals surface area contributed by atoms with Gasteiger partial charge in [0.1, 0.15) is 0 Å². The van der Waals surface area contributed by atoms with Crippen molar-refractivity contribution in [2.45, 2.75) is 51.8 Å². The molecular formula is C20H28N2S. The number of aryl methyl sites for hydroxylation is 1. The molecule has 2 aromatic rings. The van der Waals surface area contributed by atoms with Crippen molar-refractivity contribution >= 4 is 23.3 Å². The highest BCUT2D eigenvalue weighted by atomic mass is 32.2. The minimum absolute atomic E-state index is 0.572. The first-order valence-electron chi connectivity index (χ1n) is 8.51. The Labute approximate surface area is 145 Å². The van der Waals surface area contributed by atoms with Crippen LogP contribution in [0.15, 0.2) is 48.5 Å². The molecule has 0 bridgehead atoms. The first-order chi connectivity index (χ1) is 11.2. The molecule has 0 fully saturated rings. The van der Waals surface area contributed by atoms with Crippen LogP contribution in [0.1, 0.15) is 44.7 Å². The summed E-state index contributed by atoms with van der Waals surface area (Å²) in [7, 11) is 0. The minimum atomic E-state index is 0.572. The number of unbranched alkanes of at least 4 members (excludes halogenated alkanes) is 1. The molecule has 0 aliphatic rings. The van der Waals surface area contributed by atoms with Gasteiger partial charge in [0.25, 0.3) is 0 Å². The van der Waals surface area contributed by atoms with Crippen molar-refractivity contribution in [3.63, 3.8) is 0 Å². The van der Waals surface area contributed by atoms with Crippen LogP contribution in [0.3, 0.4) is 0 Å². The third-order valence-electron chi connectivity index (χ3n) is 3.61. The van der Waals surface area contributed by atoms with Crippen LogP contribution in [0.2, 0.25) is 0 Å². The molecule has 124 valence electrons. The zero-order chi connectivity index (χ0) is 16.5. The summed E-state index contributed by atoms with van der Waals surface area (Å²) in [5, 5.41) is 4.07. The Hall–Kier alpha value is -1.61. The summed E-state index contributed by atoms with van der Waals surface area (Å²) in [6.45, 7) is 7.45. The van der Waals surface area contributed by atoms with Gasteiger partial charge in [0.15, 0.2) is 0 Å². The van der Waals surface area contributed by atoms with E-state index in [1.165, 1.54) is 36.1 Å². The normalized spacial score (nSPS) is 10.8. The van der Waals surface area contributed by atoms with E-state index in [-0.39, 0.29) is 0 Å². The average molecular weight is 329 g/mol. The van der Waals surface area contributed by atoms with Crippen LogP contribution in [-0.4, -0.2) is 5.25 Å². The highest BCUT2D eigenvalue weighted by molar-refractivity contribution is 8.01. The summed E-state index contributed by atoms with van der Waals surface area (Å²) in [5.41, 5.74) is 5.06. The quantitative estimate of drug-likeness (QED) is 0.543. The van der Waals surface area contributed by atoms with E-state index in [4.69, 9.17) is 0 Å². The number of hydrogen-bond acceptors (Lipinski definition) is 3. The molecule has 23 heavy (non-hydrogen) atoms. The highest BCUT2D eigenvalue weighted by Crippen LogP contribution is 2.19. The summed E-state index contributed by atoms with van der Waals surface area (Å²) < 4.78 is 3.40. The van der Waals surface area contributed by atoms with Crippen LogP contribution in [0.25, 0.3) is 0 Å². The van der Waals surface area contributed by atoms with Crippen molar-refractivity contribution in [2.24, 2.45) is 0 Å². The molecule has 2 aromatic carbocycles. The lowest BCUT2D eigenvalue weighted by molar-refractivity contribution is 0.795. The molecule has 0 aliphatic carbocycles. The molecule has 0 saturated heterocycles. The van der Waals surface area contributed by atoms with E-state index in [0.29, 0.717) is 5.25 Å². The van der Waals surface area contributed by atoms with Gasteiger partial charge >= 0.3 is 0 Å². The van der Waals surface area contributed by atoms with Crippen LogP contribution in [-0.2, 0) is 13.0 Å². The SMILES string of the molecule is CCCCc1ccc(NCc2cccc(NSC(C)C)c2)cc1. The molecule has 2 nitrogen and oxygen atoms in total. The van der Waals surface area contributed by atoms with Crippen molar-refractivity contribution in [2.75, 3.05) is 10.0 Å². The molecule has 0 spiro atoms. The maximum Gasteiger partial charge on any atom is 0.0443 e. The summed E-state index contributed by atoms with van der Waals surface area (Å²) in [4.78, 5) is 0. The molecule has 0 unspecified atom stereocenters. The van der Waals surface area contributed by atoms with Gasteiger partial charge in [0.2, 0.25) is 0 Å². The minimum Gasteiger partial charge on any atom is -0.381 e. The Morgan fingerprint density at radius 2 is 1.74 bits per heavy atom. The molecule has 2 N–H and O–H groups in total. The van der Waals surface area contributed by atoms with E-state index in [0.717, 1.165) is 12.2 Å². The topological polar surface area (TPSA) is 24.1 Å². The van der Waals surface area contributed by atoms with Gasteiger partial charge in [-0.25, -0.2) is 0 Å². The van der Waals surface area contributed by atoms with E-state index in [2.05, 4.69) is 79.3 Å². The Balaban J connectivity index is 1.86. The van der Waals surface area contributed by atoms with Gasteiger partial charge in [0, 0.05) is 23.2 Å². The Morgan fingerprint density at radius 3 is 2.43 bits per heavy atom. The lowest BCUT2D eigenvalue weighted by Gasteiger charge is -2.11. The molecule has 3 heteroatoms. The van der Waals surface area contributed by atoms with Crippen LogP contribution in [0.5, 0.6) is 0 Å². The Kier molecular flexibility index (Phi) is 7.34. The van der Waals surface area contributed by atoms with Crippen molar-refractivity contribution < 1.29 is 0 Å². The number of anilines is 2. The second-order valence-corrected chi connectivity index (χ2v) is 7.51. The average Bonchev–Trinajstić information content (AvgIpc) is 2.57. The summed E-state index contributed by atoms with van der Waals surface area (Å²) in [5.74, 6) is 0. The van der Waals surface area contributed by atoms with Gasteiger partial charge in [-0.3, -0.25) is 0 Å². The molecule has 0 aliphatic heterocycles. The summed E-state index contributed by atoms with van der Waals surface area (Å²) in [6.07, 6.45) is 3.69. The second-order valence-electron chi connectivity index (χ2n) is 6.12. The van der Waals surface area contributed by atoms with Crippen molar-refractivity contribution in [1.29, 1.82) is 0 Å². The van der Waals surface area contributed by atoms with Crippen LogP contribution in [0, 0.1) is 0 Å². The van der Waals surface area contributed by atoms with E-state index in [1.807, 2.05) is 0 Å². The Bertz CT molecular complexity index is 578. The fourth-order valence-corrected chi connectivity index (χ4v) is 2.80. The molecule has 0 heterocycles. The number of rotatable bonds is 9. The van der Waals surface area contributed by atoms with Gasteiger partial charge in [0.05, 0.1) is 0 Å². The first kappa shape index (κ1) is 17.7. The standard InChI is InChI=1S/C20H28N2S/c1-4-5-7-17-10-12-19(13-11-17)21-15-18-8-6-9-20(14-18)22-23-16(2)3/h6,8-14,16,21-22H,4-5,7,15H2,1-3H3. The van der Waals surface area contributed by atoms with Gasteiger partial charge in [-0.05, 0) is 60.2 Å². The third-order valence-corrected chi connectivity index (χ3v) is 4.43. The molecule has 2 rings (SSSR count). The summed E-state index contributed by atoms with van der Waals surface area (Å²) in [6, 6.07) is 17.4. The van der Waals surface area contributed by atoms with Crippen LogP contribution in [0.4, 0.5) is 11.4 Å². The fraction of sp³-hybridized carbons (Fsp3) is 0.400. The smallest absolute Gasteiger partial charge is 0.0443 e.